The Kier molecular flexibility index (Phi) is 1.18. The zero-order chi connectivity index (χ0) is 6.10. The van der Waals surface area contributed by atoms with Crippen molar-refractivity contribution in [3.05, 3.63) is 24.3 Å². The largest absolute Gasteiger partial charge is 0.0879 e. The molecule has 0 aromatic heterocycles. The third kappa shape index (κ3) is 0.827. The second-order valence-electron chi connectivity index (χ2n) is 3.01. The van der Waals surface area contributed by atoms with Gasteiger partial charge in [-0.05, 0) is 31.1 Å². The second kappa shape index (κ2) is 2.02. The van der Waals surface area contributed by atoms with E-state index in [1.807, 2.05) is 0 Å². The summed E-state index contributed by atoms with van der Waals surface area (Å²) < 4.78 is 0. The van der Waals surface area contributed by atoms with Gasteiger partial charge in [0.05, 0.1) is 0 Å². The predicted molar refractivity (Wildman–Crippen MR) is 39.1 cm³/mol. The van der Waals surface area contributed by atoms with Crippen molar-refractivity contribution in [2.45, 2.75) is 19.3 Å². The van der Waals surface area contributed by atoms with Crippen molar-refractivity contribution >= 4 is 0 Å². The lowest BCUT2D eigenvalue weighted by Crippen LogP contribution is -2.08. The Morgan fingerprint density at radius 1 is 1.11 bits per heavy atom. The zero-order valence-corrected chi connectivity index (χ0v) is 5.59. The van der Waals surface area contributed by atoms with Crippen molar-refractivity contribution in [3.8, 4) is 0 Å². The quantitative estimate of drug-likeness (QED) is 0.431. The Morgan fingerprint density at radius 3 is 2.89 bits per heavy atom. The van der Waals surface area contributed by atoms with E-state index in [0.717, 1.165) is 11.8 Å². The molecular formula is C9H12. The van der Waals surface area contributed by atoms with Crippen LogP contribution in [0.25, 0.3) is 0 Å². The van der Waals surface area contributed by atoms with Crippen LogP contribution in [0.3, 0.4) is 0 Å². The Morgan fingerprint density at radius 2 is 2.00 bits per heavy atom. The van der Waals surface area contributed by atoms with Crippen molar-refractivity contribution < 1.29 is 0 Å². The maximum Gasteiger partial charge on any atom is -0.00221 e. The topological polar surface area (TPSA) is 0 Å². The lowest BCUT2D eigenvalue weighted by Gasteiger charge is -2.18. The van der Waals surface area contributed by atoms with Crippen molar-refractivity contribution in [2.75, 3.05) is 0 Å². The molecule has 0 amide bonds. The number of fused-ring (bicyclic) bond motifs is 1. The maximum atomic E-state index is 2.36. The third-order valence-corrected chi connectivity index (χ3v) is 2.40. The first-order valence-corrected chi connectivity index (χ1v) is 3.80. The SMILES string of the molecule is C1=C[C@H]2C=CC[C@H]2CC1. The fourth-order valence-corrected chi connectivity index (χ4v) is 1.82. The molecule has 0 saturated carbocycles. The summed E-state index contributed by atoms with van der Waals surface area (Å²) in [6.07, 6.45) is 13.4. The van der Waals surface area contributed by atoms with Crippen LogP contribution in [0.15, 0.2) is 24.3 Å². The van der Waals surface area contributed by atoms with Crippen molar-refractivity contribution in [2.24, 2.45) is 11.8 Å². The van der Waals surface area contributed by atoms with Gasteiger partial charge in [0.25, 0.3) is 0 Å². The summed E-state index contributed by atoms with van der Waals surface area (Å²) in [5, 5.41) is 0. The van der Waals surface area contributed by atoms with Gasteiger partial charge in [0.15, 0.2) is 0 Å². The first kappa shape index (κ1) is 5.28. The minimum absolute atomic E-state index is 0.804. The summed E-state index contributed by atoms with van der Waals surface area (Å²) in [4.78, 5) is 0. The molecule has 0 heteroatoms. The maximum absolute atomic E-state index is 2.36. The molecule has 0 fully saturated rings. The van der Waals surface area contributed by atoms with Gasteiger partial charge in [0, 0.05) is 0 Å². The van der Waals surface area contributed by atoms with E-state index in [0.29, 0.717) is 0 Å². The van der Waals surface area contributed by atoms with Crippen LogP contribution in [-0.2, 0) is 0 Å². The van der Waals surface area contributed by atoms with Gasteiger partial charge in [-0.1, -0.05) is 24.3 Å². The highest BCUT2D eigenvalue weighted by atomic mass is 14.3. The van der Waals surface area contributed by atoms with E-state index >= 15 is 0 Å². The molecule has 0 radical (unpaired) electrons. The second-order valence-corrected chi connectivity index (χ2v) is 3.01. The van der Waals surface area contributed by atoms with Crippen molar-refractivity contribution in [1.29, 1.82) is 0 Å². The number of allylic oxidation sites excluding steroid dienone is 4. The van der Waals surface area contributed by atoms with E-state index in [1.54, 1.807) is 0 Å². The number of hydrogen-bond donors (Lipinski definition) is 0. The van der Waals surface area contributed by atoms with E-state index in [9.17, 15) is 0 Å². The fourth-order valence-electron chi connectivity index (χ4n) is 1.82. The lowest BCUT2D eigenvalue weighted by molar-refractivity contribution is 0.437. The summed E-state index contributed by atoms with van der Waals surface area (Å²) in [6, 6.07) is 0. The molecule has 9 heavy (non-hydrogen) atoms. The Hall–Kier alpha value is -0.520. The molecule has 0 aromatic rings. The number of hydrogen-bond acceptors (Lipinski definition) is 0. The summed E-state index contributed by atoms with van der Waals surface area (Å²) in [6.45, 7) is 0. The van der Waals surface area contributed by atoms with Gasteiger partial charge in [-0.2, -0.15) is 0 Å². The molecule has 0 bridgehead atoms. The van der Waals surface area contributed by atoms with E-state index in [4.69, 9.17) is 0 Å². The smallest absolute Gasteiger partial charge is 0.00221 e. The molecule has 0 unspecified atom stereocenters. The summed E-state index contributed by atoms with van der Waals surface area (Å²) in [5.41, 5.74) is 0. The van der Waals surface area contributed by atoms with E-state index in [1.165, 1.54) is 19.3 Å². The zero-order valence-electron chi connectivity index (χ0n) is 5.59. The minimum Gasteiger partial charge on any atom is -0.0879 e. The first-order valence-electron chi connectivity index (χ1n) is 3.80. The molecule has 0 saturated heterocycles. The highest BCUT2D eigenvalue weighted by Gasteiger charge is 2.21. The average molecular weight is 120 g/mol. The van der Waals surface area contributed by atoms with Crippen LogP contribution >= 0.6 is 0 Å². The molecule has 2 rings (SSSR count). The molecule has 0 aliphatic heterocycles. The molecule has 2 aliphatic rings. The molecular weight excluding hydrogens is 108 g/mol. The molecule has 2 aliphatic carbocycles. The van der Waals surface area contributed by atoms with Gasteiger partial charge in [0.2, 0.25) is 0 Å². The molecule has 2 atom stereocenters. The van der Waals surface area contributed by atoms with Crippen LogP contribution < -0.4 is 0 Å². The fraction of sp³-hybridized carbons (Fsp3) is 0.556. The van der Waals surface area contributed by atoms with Gasteiger partial charge in [-0.15, -0.1) is 0 Å². The predicted octanol–water partition coefficient (Wildman–Crippen LogP) is 2.53. The van der Waals surface area contributed by atoms with Gasteiger partial charge in [0.1, 0.15) is 0 Å². The van der Waals surface area contributed by atoms with Crippen LogP contribution in [0, 0.1) is 11.8 Å². The van der Waals surface area contributed by atoms with Gasteiger partial charge in [-0.3, -0.25) is 0 Å². The lowest BCUT2D eigenvalue weighted by atomic mass is 9.87. The Bertz CT molecular complexity index is 153. The highest BCUT2D eigenvalue weighted by molar-refractivity contribution is 5.12. The summed E-state index contributed by atoms with van der Waals surface area (Å²) in [5.74, 6) is 1.77. The monoisotopic (exact) mass is 120 g/mol. The molecule has 48 valence electrons. The summed E-state index contributed by atoms with van der Waals surface area (Å²) >= 11 is 0. The first-order chi connectivity index (χ1) is 4.47. The van der Waals surface area contributed by atoms with Crippen LogP contribution in [0.2, 0.25) is 0 Å². The normalized spacial score (nSPS) is 39.1. The van der Waals surface area contributed by atoms with Gasteiger partial charge >= 0.3 is 0 Å². The van der Waals surface area contributed by atoms with Crippen LogP contribution in [0.4, 0.5) is 0 Å². The van der Waals surface area contributed by atoms with Crippen LogP contribution in [-0.4, -0.2) is 0 Å². The molecule has 0 heterocycles. The van der Waals surface area contributed by atoms with E-state index in [2.05, 4.69) is 24.3 Å². The average Bonchev–Trinajstić information content (AvgIpc) is 2.33. The Balaban J connectivity index is 2.17. The van der Waals surface area contributed by atoms with Crippen molar-refractivity contribution in [1.82, 2.24) is 0 Å². The van der Waals surface area contributed by atoms with E-state index < -0.39 is 0 Å². The third-order valence-electron chi connectivity index (χ3n) is 2.40. The minimum atomic E-state index is 0.804. The molecule has 0 spiro atoms. The summed E-state index contributed by atoms with van der Waals surface area (Å²) in [7, 11) is 0. The van der Waals surface area contributed by atoms with Gasteiger partial charge < -0.3 is 0 Å². The van der Waals surface area contributed by atoms with Crippen LogP contribution in [0.5, 0.6) is 0 Å². The molecule has 0 N–H and O–H groups in total. The molecule has 0 nitrogen and oxygen atoms in total. The van der Waals surface area contributed by atoms with Gasteiger partial charge in [-0.25, -0.2) is 0 Å². The van der Waals surface area contributed by atoms with E-state index in [-0.39, 0.29) is 0 Å². The highest BCUT2D eigenvalue weighted by Crippen LogP contribution is 2.33. The standard InChI is InChI=1S/C9H12/c1-2-5-9-7-3-6-8(9)4-1/h1,3-4,6,8-9H,2,5,7H2/t8-,9+/m0/s1. The Labute approximate surface area is 56.3 Å². The van der Waals surface area contributed by atoms with Crippen LogP contribution in [0.1, 0.15) is 19.3 Å². The number of rotatable bonds is 0. The van der Waals surface area contributed by atoms with Crippen molar-refractivity contribution in [3.63, 3.8) is 0 Å². The molecule has 0 aromatic carbocycles.